The van der Waals surface area contributed by atoms with E-state index < -0.39 is 15.9 Å². The lowest BCUT2D eigenvalue weighted by Crippen LogP contribution is -2.31. The SMILES string of the molecule is CC(C)c1ccc(S(=O)(=O)NC(=O)c2ccccc2-c2nc(-c3ccc(-c4csc(-c5ccccc5)n4)cc3)ns2)cc1. The third kappa shape index (κ3) is 6.17. The molecule has 7 nitrogen and oxygen atoms in total. The molecule has 2 aromatic heterocycles. The molecule has 0 saturated carbocycles. The van der Waals surface area contributed by atoms with Gasteiger partial charge in [0.25, 0.3) is 15.9 Å². The number of nitrogens with one attached hydrogen (secondary N) is 1. The van der Waals surface area contributed by atoms with Crippen LogP contribution in [-0.2, 0) is 10.0 Å². The third-order valence-electron chi connectivity index (χ3n) is 6.88. The second-order valence-electron chi connectivity index (χ2n) is 10.1. The van der Waals surface area contributed by atoms with Crippen molar-refractivity contribution in [2.45, 2.75) is 24.7 Å². The molecule has 0 radical (unpaired) electrons. The highest BCUT2D eigenvalue weighted by molar-refractivity contribution is 7.90. The maximum Gasteiger partial charge on any atom is 0.265 e. The fourth-order valence-corrected chi connectivity index (χ4v) is 7.02. The van der Waals surface area contributed by atoms with Gasteiger partial charge in [-0.3, -0.25) is 4.79 Å². The van der Waals surface area contributed by atoms with Crippen LogP contribution in [0.4, 0.5) is 0 Å². The van der Waals surface area contributed by atoms with E-state index in [0.29, 0.717) is 16.4 Å². The van der Waals surface area contributed by atoms with Crippen LogP contribution >= 0.6 is 22.9 Å². The number of carbonyl (C=O) groups is 1. The molecule has 6 aromatic rings. The van der Waals surface area contributed by atoms with E-state index >= 15 is 0 Å². The number of rotatable bonds is 8. The van der Waals surface area contributed by atoms with Gasteiger partial charge < -0.3 is 0 Å². The van der Waals surface area contributed by atoms with Gasteiger partial charge in [0.05, 0.1) is 16.2 Å². The summed E-state index contributed by atoms with van der Waals surface area (Å²) in [5.41, 5.74) is 5.49. The highest BCUT2D eigenvalue weighted by atomic mass is 32.2. The smallest absolute Gasteiger partial charge is 0.265 e. The van der Waals surface area contributed by atoms with Gasteiger partial charge in [-0.2, -0.15) is 4.37 Å². The maximum absolute atomic E-state index is 13.2. The van der Waals surface area contributed by atoms with E-state index in [1.807, 2.05) is 73.8 Å². The largest absolute Gasteiger partial charge is 0.268 e. The second kappa shape index (κ2) is 12.0. The standard InChI is InChI=1S/C33H26N4O3S3/c1-21(2)22-16-18-26(19-17-22)43(39,40)37-31(38)27-10-6-7-11-28(27)33-35-30(36-42-33)24-14-12-23(13-15-24)29-20-41-32(34-29)25-8-4-3-5-9-25/h3-21H,1-2H3,(H,37,38). The summed E-state index contributed by atoms with van der Waals surface area (Å²) in [6.45, 7) is 4.06. The minimum atomic E-state index is -4.06. The van der Waals surface area contributed by atoms with Crippen LogP contribution in [0.1, 0.15) is 35.7 Å². The minimum absolute atomic E-state index is 0.0262. The summed E-state index contributed by atoms with van der Waals surface area (Å²) in [7, 11) is -4.06. The summed E-state index contributed by atoms with van der Waals surface area (Å²) in [6.07, 6.45) is 0. The van der Waals surface area contributed by atoms with Gasteiger partial charge in [0, 0.05) is 27.6 Å². The van der Waals surface area contributed by atoms with Crippen LogP contribution in [0.3, 0.4) is 0 Å². The molecule has 43 heavy (non-hydrogen) atoms. The molecule has 0 aliphatic rings. The summed E-state index contributed by atoms with van der Waals surface area (Å²) in [5.74, 6) is 0.0460. The molecule has 1 N–H and O–H groups in total. The molecule has 0 saturated heterocycles. The van der Waals surface area contributed by atoms with Gasteiger partial charge in [-0.15, -0.1) is 11.3 Å². The van der Waals surface area contributed by atoms with Crippen LogP contribution in [0.2, 0.25) is 0 Å². The van der Waals surface area contributed by atoms with Gasteiger partial charge >= 0.3 is 0 Å². The molecule has 0 bridgehead atoms. The van der Waals surface area contributed by atoms with E-state index in [-0.39, 0.29) is 16.4 Å². The van der Waals surface area contributed by atoms with Crippen LogP contribution < -0.4 is 4.72 Å². The van der Waals surface area contributed by atoms with Crippen molar-refractivity contribution in [2.24, 2.45) is 0 Å². The molecule has 214 valence electrons. The number of carbonyl (C=O) groups excluding carboxylic acids is 1. The third-order valence-corrected chi connectivity index (χ3v) is 9.86. The van der Waals surface area contributed by atoms with Crippen molar-refractivity contribution in [2.75, 3.05) is 0 Å². The highest BCUT2D eigenvalue weighted by Crippen LogP contribution is 2.32. The minimum Gasteiger partial charge on any atom is -0.268 e. The molecular formula is C33H26N4O3S3. The lowest BCUT2D eigenvalue weighted by Gasteiger charge is -2.11. The fourth-order valence-electron chi connectivity index (χ4n) is 4.50. The molecular weight excluding hydrogens is 597 g/mol. The first kappa shape index (κ1) is 28.6. The molecule has 4 aromatic carbocycles. The Morgan fingerprint density at radius 3 is 2.14 bits per heavy atom. The Balaban J connectivity index is 1.20. The number of nitrogens with zero attached hydrogens (tertiary/aromatic N) is 3. The van der Waals surface area contributed by atoms with Gasteiger partial charge in [0.15, 0.2) is 5.82 Å². The van der Waals surface area contributed by atoms with Crippen molar-refractivity contribution in [3.05, 3.63) is 120 Å². The molecule has 10 heteroatoms. The topological polar surface area (TPSA) is 102 Å². The molecule has 1 amide bonds. The summed E-state index contributed by atoms with van der Waals surface area (Å²) in [4.78, 5) is 22.7. The van der Waals surface area contributed by atoms with Crippen molar-refractivity contribution in [1.29, 1.82) is 0 Å². The van der Waals surface area contributed by atoms with Gasteiger partial charge in [0.1, 0.15) is 10.0 Å². The molecule has 0 unspecified atom stereocenters. The summed E-state index contributed by atoms with van der Waals surface area (Å²) in [6, 6.07) is 31.2. The van der Waals surface area contributed by atoms with E-state index in [9.17, 15) is 13.2 Å². The first-order valence-electron chi connectivity index (χ1n) is 13.5. The van der Waals surface area contributed by atoms with Crippen LogP contribution in [0.25, 0.3) is 43.8 Å². The normalized spacial score (nSPS) is 11.5. The van der Waals surface area contributed by atoms with E-state index in [2.05, 4.69) is 14.1 Å². The number of benzene rings is 4. The Morgan fingerprint density at radius 1 is 0.744 bits per heavy atom. The van der Waals surface area contributed by atoms with Crippen LogP contribution in [0, 0.1) is 0 Å². The highest BCUT2D eigenvalue weighted by Gasteiger charge is 2.22. The van der Waals surface area contributed by atoms with Gasteiger partial charge in [-0.1, -0.05) is 98.8 Å². The maximum atomic E-state index is 13.2. The average Bonchev–Trinajstić information content (AvgIpc) is 3.73. The Kier molecular flexibility index (Phi) is 7.98. The molecule has 0 aliphatic heterocycles. The molecule has 2 heterocycles. The van der Waals surface area contributed by atoms with Crippen LogP contribution in [0.5, 0.6) is 0 Å². The summed E-state index contributed by atoms with van der Waals surface area (Å²) >= 11 is 2.75. The van der Waals surface area contributed by atoms with Crippen molar-refractivity contribution in [1.82, 2.24) is 19.1 Å². The lowest BCUT2D eigenvalue weighted by atomic mass is 10.0. The monoisotopic (exact) mass is 622 g/mol. The van der Waals surface area contributed by atoms with Crippen LogP contribution in [0.15, 0.2) is 113 Å². The quantitative estimate of drug-likeness (QED) is 0.185. The van der Waals surface area contributed by atoms with Crippen molar-refractivity contribution < 1.29 is 13.2 Å². The second-order valence-corrected chi connectivity index (χ2v) is 13.4. The Labute approximate surface area is 258 Å². The van der Waals surface area contributed by atoms with E-state index in [1.54, 1.807) is 47.7 Å². The summed E-state index contributed by atoms with van der Waals surface area (Å²) < 4.78 is 32.7. The number of sulfonamides is 1. The number of amides is 1. The first-order valence-corrected chi connectivity index (χ1v) is 16.6. The fraction of sp³-hybridized carbons (Fsp3) is 0.0909. The molecule has 0 aliphatic carbocycles. The van der Waals surface area contributed by atoms with E-state index in [1.165, 1.54) is 12.1 Å². The zero-order chi connectivity index (χ0) is 30.0. The lowest BCUT2D eigenvalue weighted by molar-refractivity contribution is 0.0982. The zero-order valence-corrected chi connectivity index (χ0v) is 25.7. The molecule has 6 rings (SSSR count). The number of thiazole rings is 1. The van der Waals surface area contributed by atoms with Gasteiger partial charge in [0.2, 0.25) is 0 Å². The van der Waals surface area contributed by atoms with Crippen molar-refractivity contribution >= 4 is 38.8 Å². The predicted octanol–water partition coefficient (Wildman–Crippen LogP) is 7.90. The first-order chi connectivity index (χ1) is 20.8. The van der Waals surface area contributed by atoms with E-state index in [4.69, 9.17) is 4.98 Å². The molecule has 0 atom stereocenters. The average molecular weight is 623 g/mol. The van der Waals surface area contributed by atoms with Crippen molar-refractivity contribution in [3.8, 4) is 43.8 Å². The van der Waals surface area contributed by atoms with Crippen LogP contribution in [-0.4, -0.2) is 28.7 Å². The van der Waals surface area contributed by atoms with Crippen molar-refractivity contribution in [3.63, 3.8) is 0 Å². The Morgan fingerprint density at radius 2 is 1.42 bits per heavy atom. The number of hydrogen-bond acceptors (Lipinski definition) is 8. The van der Waals surface area contributed by atoms with Gasteiger partial charge in [-0.25, -0.2) is 23.1 Å². The van der Waals surface area contributed by atoms with Gasteiger partial charge in [-0.05, 0) is 41.2 Å². The zero-order valence-electron chi connectivity index (χ0n) is 23.3. The molecule has 0 spiro atoms. The number of aromatic nitrogens is 3. The predicted molar refractivity (Wildman–Crippen MR) is 173 cm³/mol. The number of hydrogen-bond donors (Lipinski definition) is 1. The Hall–Kier alpha value is -4.51. The molecule has 0 fully saturated rings. The summed E-state index contributed by atoms with van der Waals surface area (Å²) in [5, 5.41) is 3.51. The Bertz CT molecular complexity index is 2000. The van der Waals surface area contributed by atoms with E-state index in [0.717, 1.165) is 44.5 Å².